The predicted octanol–water partition coefficient (Wildman–Crippen LogP) is 7.22. The number of carbonyl (C=O) groups is 3. The standard InChI is InChI=1S/C31H29ClN2O6S/c1-5-39-31(37)27-26(20-9-7-6-8-10-20)19(3)41-30(27)34-29(36)21-11-14-23(15-12-21)40-18(2)28(35)33-22-13-16-25(38-4)24(32)17-22/h6-18H,5H2,1-4H3,(H,33,35)(H,34,36)/t18-/m0/s1. The highest BCUT2D eigenvalue weighted by Gasteiger charge is 2.26. The van der Waals surface area contributed by atoms with Crippen molar-refractivity contribution in [2.24, 2.45) is 0 Å². The van der Waals surface area contributed by atoms with E-state index in [1.165, 1.54) is 18.4 Å². The number of ether oxygens (including phenoxy) is 3. The zero-order valence-corrected chi connectivity index (χ0v) is 24.5. The summed E-state index contributed by atoms with van der Waals surface area (Å²) in [6.45, 7) is 5.46. The van der Waals surface area contributed by atoms with Gasteiger partial charge in [0, 0.05) is 21.7 Å². The molecule has 0 saturated heterocycles. The lowest BCUT2D eigenvalue weighted by atomic mass is 10.0. The average molecular weight is 593 g/mol. The van der Waals surface area contributed by atoms with Gasteiger partial charge in [0.2, 0.25) is 0 Å². The topological polar surface area (TPSA) is 103 Å². The summed E-state index contributed by atoms with van der Waals surface area (Å²) in [5, 5.41) is 6.40. The van der Waals surface area contributed by atoms with Crippen LogP contribution in [0, 0.1) is 6.92 Å². The number of halogens is 1. The van der Waals surface area contributed by atoms with Crippen LogP contribution in [0.4, 0.5) is 10.7 Å². The molecule has 2 amide bonds. The molecule has 8 nitrogen and oxygen atoms in total. The molecule has 1 atom stereocenters. The molecule has 41 heavy (non-hydrogen) atoms. The highest BCUT2D eigenvalue weighted by atomic mass is 35.5. The van der Waals surface area contributed by atoms with Crippen LogP contribution >= 0.6 is 22.9 Å². The van der Waals surface area contributed by atoms with E-state index in [-0.39, 0.29) is 12.5 Å². The first-order valence-electron chi connectivity index (χ1n) is 12.8. The van der Waals surface area contributed by atoms with Gasteiger partial charge in [0.05, 0.1) is 18.7 Å². The molecule has 1 aromatic heterocycles. The van der Waals surface area contributed by atoms with Gasteiger partial charge in [0.25, 0.3) is 11.8 Å². The number of rotatable bonds is 10. The lowest BCUT2D eigenvalue weighted by molar-refractivity contribution is -0.122. The number of aryl methyl sites for hydroxylation is 1. The summed E-state index contributed by atoms with van der Waals surface area (Å²) in [5.41, 5.74) is 2.78. The number of esters is 1. The molecule has 0 aliphatic carbocycles. The number of benzene rings is 3. The van der Waals surface area contributed by atoms with Crippen LogP contribution in [-0.2, 0) is 9.53 Å². The highest BCUT2D eigenvalue weighted by Crippen LogP contribution is 2.40. The van der Waals surface area contributed by atoms with Crippen molar-refractivity contribution in [1.82, 2.24) is 0 Å². The third-order valence-corrected chi connectivity index (χ3v) is 7.39. The van der Waals surface area contributed by atoms with Crippen LogP contribution in [0.2, 0.25) is 5.02 Å². The maximum absolute atomic E-state index is 13.1. The smallest absolute Gasteiger partial charge is 0.341 e. The molecule has 1 heterocycles. The quantitative estimate of drug-likeness (QED) is 0.188. The number of anilines is 2. The molecular weight excluding hydrogens is 564 g/mol. The van der Waals surface area contributed by atoms with Gasteiger partial charge in [-0.2, -0.15) is 0 Å². The minimum absolute atomic E-state index is 0.209. The van der Waals surface area contributed by atoms with E-state index in [2.05, 4.69) is 10.6 Å². The molecule has 0 saturated carbocycles. The number of carbonyl (C=O) groups excluding carboxylic acids is 3. The maximum Gasteiger partial charge on any atom is 0.341 e. The van der Waals surface area contributed by atoms with E-state index in [0.717, 1.165) is 16.0 Å². The number of hydrogen-bond acceptors (Lipinski definition) is 7. The second-order valence-electron chi connectivity index (χ2n) is 8.90. The van der Waals surface area contributed by atoms with E-state index in [4.69, 9.17) is 25.8 Å². The summed E-state index contributed by atoms with van der Waals surface area (Å²) in [6, 6.07) is 20.8. The van der Waals surface area contributed by atoms with Crippen LogP contribution in [0.5, 0.6) is 11.5 Å². The Labute approximate surface area is 247 Å². The van der Waals surface area contributed by atoms with Crippen LogP contribution in [0.25, 0.3) is 11.1 Å². The monoisotopic (exact) mass is 592 g/mol. The van der Waals surface area contributed by atoms with Crippen LogP contribution in [0.3, 0.4) is 0 Å². The number of hydrogen-bond donors (Lipinski definition) is 2. The Balaban J connectivity index is 1.45. The van der Waals surface area contributed by atoms with Gasteiger partial charge in [-0.3, -0.25) is 9.59 Å². The average Bonchev–Trinajstić information content (AvgIpc) is 3.29. The third kappa shape index (κ3) is 7.06. The zero-order valence-electron chi connectivity index (χ0n) is 22.9. The van der Waals surface area contributed by atoms with E-state index in [1.807, 2.05) is 37.3 Å². The third-order valence-electron chi connectivity index (χ3n) is 6.07. The molecular formula is C31H29ClN2O6S. The van der Waals surface area contributed by atoms with Gasteiger partial charge >= 0.3 is 5.97 Å². The van der Waals surface area contributed by atoms with Crippen molar-refractivity contribution in [2.45, 2.75) is 26.9 Å². The highest BCUT2D eigenvalue weighted by molar-refractivity contribution is 7.17. The predicted molar refractivity (Wildman–Crippen MR) is 162 cm³/mol. The molecule has 0 bridgehead atoms. The van der Waals surface area contributed by atoms with E-state index in [9.17, 15) is 14.4 Å². The Bertz CT molecular complexity index is 1550. The van der Waals surface area contributed by atoms with Crippen molar-refractivity contribution in [3.05, 3.63) is 93.8 Å². The number of thiophene rings is 1. The van der Waals surface area contributed by atoms with Crippen molar-refractivity contribution >= 4 is 51.4 Å². The molecule has 3 aromatic carbocycles. The summed E-state index contributed by atoms with van der Waals surface area (Å²) >= 11 is 7.44. The number of amides is 2. The van der Waals surface area contributed by atoms with Gasteiger partial charge in [-0.15, -0.1) is 11.3 Å². The fourth-order valence-corrected chi connectivity index (χ4v) is 5.41. The fourth-order valence-electron chi connectivity index (χ4n) is 4.09. The van der Waals surface area contributed by atoms with Crippen molar-refractivity contribution < 1.29 is 28.6 Å². The largest absolute Gasteiger partial charge is 0.495 e. The molecule has 0 spiro atoms. The molecule has 0 unspecified atom stereocenters. The van der Waals surface area contributed by atoms with Crippen molar-refractivity contribution in [2.75, 3.05) is 24.4 Å². The van der Waals surface area contributed by atoms with E-state index < -0.39 is 18.0 Å². The van der Waals surface area contributed by atoms with E-state index >= 15 is 0 Å². The molecule has 0 fully saturated rings. The number of nitrogens with one attached hydrogen (secondary N) is 2. The molecule has 0 aliphatic rings. The van der Waals surface area contributed by atoms with Crippen molar-refractivity contribution in [3.8, 4) is 22.6 Å². The van der Waals surface area contributed by atoms with Crippen LogP contribution in [0.15, 0.2) is 72.8 Å². The molecule has 212 valence electrons. The summed E-state index contributed by atoms with van der Waals surface area (Å²) in [7, 11) is 1.51. The zero-order chi connectivity index (χ0) is 29.5. The Morgan fingerprint density at radius 3 is 2.32 bits per heavy atom. The van der Waals surface area contributed by atoms with Gasteiger partial charge in [-0.25, -0.2) is 4.79 Å². The van der Waals surface area contributed by atoms with E-state index in [0.29, 0.717) is 38.3 Å². The van der Waals surface area contributed by atoms with Crippen LogP contribution < -0.4 is 20.1 Å². The normalized spacial score (nSPS) is 11.3. The van der Waals surface area contributed by atoms with Crippen LogP contribution in [-0.4, -0.2) is 37.6 Å². The van der Waals surface area contributed by atoms with Gasteiger partial charge < -0.3 is 24.8 Å². The fraction of sp³-hybridized carbons (Fsp3) is 0.194. The maximum atomic E-state index is 13.1. The summed E-state index contributed by atoms with van der Waals surface area (Å²) in [6.07, 6.45) is -0.826. The summed E-state index contributed by atoms with van der Waals surface area (Å²) in [5.74, 6) is -0.366. The first kappa shape index (κ1) is 29.6. The van der Waals surface area contributed by atoms with Gasteiger partial charge in [0.15, 0.2) is 6.10 Å². The first-order chi connectivity index (χ1) is 19.7. The van der Waals surface area contributed by atoms with Crippen molar-refractivity contribution in [3.63, 3.8) is 0 Å². The SMILES string of the molecule is CCOC(=O)c1c(NC(=O)c2ccc(O[C@@H](C)C(=O)Nc3ccc(OC)c(Cl)c3)cc2)sc(C)c1-c1ccccc1. The lowest BCUT2D eigenvalue weighted by Gasteiger charge is -2.15. The second kappa shape index (κ2) is 13.3. The van der Waals surface area contributed by atoms with Gasteiger partial charge in [-0.1, -0.05) is 41.9 Å². The lowest BCUT2D eigenvalue weighted by Crippen LogP contribution is -2.30. The molecule has 4 rings (SSSR count). The second-order valence-corrected chi connectivity index (χ2v) is 10.5. The molecule has 0 aliphatic heterocycles. The van der Waals surface area contributed by atoms with Crippen molar-refractivity contribution in [1.29, 1.82) is 0 Å². The first-order valence-corrected chi connectivity index (χ1v) is 14.0. The van der Waals surface area contributed by atoms with Gasteiger partial charge in [0.1, 0.15) is 22.1 Å². The van der Waals surface area contributed by atoms with E-state index in [1.54, 1.807) is 56.3 Å². The Kier molecular flexibility index (Phi) is 9.65. The molecule has 2 N–H and O–H groups in total. The summed E-state index contributed by atoms with van der Waals surface area (Å²) in [4.78, 5) is 39.6. The molecule has 0 radical (unpaired) electrons. The minimum Gasteiger partial charge on any atom is -0.495 e. The molecule has 4 aromatic rings. The Hall–Kier alpha value is -4.34. The minimum atomic E-state index is -0.826. The Morgan fingerprint density at radius 2 is 1.68 bits per heavy atom. The van der Waals surface area contributed by atoms with Gasteiger partial charge in [-0.05, 0) is 68.8 Å². The number of methoxy groups -OCH3 is 1. The molecule has 10 heteroatoms. The van der Waals surface area contributed by atoms with Crippen LogP contribution in [0.1, 0.15) is 39.4 Å². The summed E-state index contributed by atoms with van der Waals surface area (Å²) < 4.78 is 16.2. The Morgan fingerprint density at radius 1 is 0.976 bits per heavy atom.